The summed E-state index contributed by atoms with van der Waals surface area (Å²) < 4.78 is 5.63. The molecule has 2 aromatic rings. The lowest BCUT2D eigenvalue weighted by Gasteiger charge is -2.10. The van der Waals surface area contributed by atoms with Gasteiger partial charge in [-0.05, 0) is 30.2 Å². The van der Waals surface area contributed by atoms with Gasteiger partial charge in [-0.15, -0.1) is 0 Å². The number of carbonyl (C=O) groups is 1. The van der Waals surface area contributed by atoms with Crippen LogP contribution in [0.15, 0.2) is 42.6 Å². The second-order valence-electron chi connectivity index (χ2n) is 4.63. The van der Waals surface area contributed by atoms with Crippen LogP contribution in [0.25, 0.3) is 0 Å². The van der Waals surface area contributed by atoms with Crippen LogP contribution < -0.4 is 16.2 Å². The Labute approximate surface area is 122 Å². The van der Waals surface area contributed by atoms with Crippen LogP contribution >= 0.6 is 0 Å². The fourth-order valence-electron chi connectivity index (χ4n) is 1.81. The zero-order valence-corrected chi connectivity index (χ0v) is 11.4. The lowest BCUT2D eigenvalue weighted by molar-refractivity contribution is 0.0995. The first-order chi connectivity index (χ1) is 10.1. The molecule has 110 valence electrons. The number of aromatic nitrogens is 1. The Morgan fingerprint density at radius 2 is 1.95 bits per heavy atom. The maximum Gasteiger partial charge on any atom is 0.267 e. The number of benzene rings is 1. The Morgan fingerprint density at radius 1 is 1.24 bits per heavy atom. The van der Waals surface area contributed by atoms with Crippen molar-refractivity contribution in [3.63, 3.8) is 0 Å². The standard InChI is InChI=1S/C15H17N3O3/c16-11(9-19)7-10-1-3-12(4-2-10)21-13-5-6-18-14(8-13)15(17)20/h1-6,8,11,19H,7,9,16H2,(H2,17,20). The van der Waals surface area contributed by atoms with Crippen LogP contribution in [0.4, 0.5) is 0 Å². The molecule has 1 atom stereocenters. The number of nitrogens with zero attached hydrogens (tertiary/aromatic N) is 1. The molecule has 0 fully saturated rings. The minimum Gasteiger partial charge on any atom is -0.457 e. The van der Waals surface area contributed by atoms with E-state index >= 15 is 0 Å². The topological polar surface area (TPSA) is 111 Å². The molecule has 1 unspecified atom stereocenters. The van der Waals surface area contributed by atoms with E-state index in [4.69, 9.17) is 21.3 Å². The number of nitrogens with two attached hydrogens (primary N) is 2. The number of primary amides is 1. The summed E-state index contributed by atoms with van der Waals surface area (Å²) in [4.78, 5) is 14.9. The molecule has 0 spiro atoms. The normalized spacial score (nSPS) is 11.9. The number of ether oxygens (including phenoxy) is 1. The summed E-state index contributed by atoms with van der Waals surface area (Å²) in [6.07, 6.45) is 2.06. The number of aliphatic hydroxyl groups excluding tert-OH is 1. The molecule has 0 aliphatic heterocycles. The average molecular weight is 287 g/mol. The number of carbonyl (C=O) groups excluding carboxylic acids is 1. The number of hydrogen-bond donors (Lipinski definition) is 3. The number of aliphatic hydroxyl groups is 1. The van der Waals surface area contributed by atoms with Gasteiger partial charge in [0, 0.05) is 18.3 Å². The molecule has 1 amide bonds. The van der Waals surface area contributed by atoms with Crippen molar-refractivity contribution in [2.75, 3.05) is 6.61 Å². The Hall–Kier alpha value is -2.44. The van der Waals surface area contributed by atoms with E-state index in [0.29, 0.717) is 17.9 Å². The molecule has 6 heteroatoms. The highest BCUT2D eigenvalue weighted by atomic mass is 16.5. The van der Waals surface area contributed by atoms with Crippen LogP contribution in [0.3, 0.4) is 0 Å². The van der Waals surface area contributed by atoms with E-state index in [1.54, 1.807) is 18.2 Å². The largest absolute Gasteiger partial charge is 0.457 e. The fourth-order valence-corrected chi connectivity index (χ4v) is 1.81. The fraction of sp³-hybridized carbons (Fsp3) is 0.200. The molecule has 1 aromatic carbocycles. The van der Waals surface area contributed by atoms with Crippen molar-refractivity contribution in [2.45, 2.75) is 12.5 Å². The van der Waals surface area contributed by atoms with Crippen LogP contribution in [0, 0.1) is 0 Å². The van der Waals surface area contributed by atoms with Gasteiger partial charge in [-0.25, -0.2) is 0 Å². The first kappa shape index (κ1) is 15.0. The Balaban J connectivity index is 2.06. The van der Waals surface area contributed by atoms with Crippen LogP contribution in [0.5, 0.6) is 11.5 Å². The van der Waals surface area contributed by atoms with Crippen molar-refractivity contribution in [1.82, 2.24) is 4.98 Å². The Kier molecular flexibility index (Phi) is 4.86. The molecule has 0 aliphatic carbocycles. The number of amides is 1. The van der Waals surface area contributed by atoms with Crippen molar-refractivity contribution in [3.8, 4) is 11.5 Å². The van der Waals surface area contributed by atoms with E-state index in [1.165, 1.54) is 12.3 Å². The van der Waals surface area contributed by atoms with Gasteiger partial charge in [0.05, 0.1) is 6.61 Å². The average Bonchev–Trinajstić information content (AvgIpc) is 2.49. The van der Waals surface area contributed by atoms with Crippen molar-refractivity contribution >= 4 is 5.91 Å². The smallest absolute Gasteiger partial charge is 0.267 e. The van der Waals surface area contributed by atoms with E-state index in [1.807, 2.05) is 12.1 Å². The maximum atomic E-state index is 11.1. The summed E-state index contributed by atoms with van der Waals surface area (Å²) in [5.41, 5.74) is 12.0. The number of rotatable bonds is 6. The van der Waals surface area contributed by atoms with E-state index in [-0.39, 0.29) is 18.3 Å². The molecule has 2 rings (SSSR count). The zero-order valence-electron chi connectivity index (χ0n) is 11.4. The molecular formula is C15H17N3O3. The molecule has 0 radical (unpaired) electrons. The molecule has 6 nitrogen and oxygen atoms in total. The van der Waals surface area contributed by atoms with Gasteiger partial charge in [0.25, 0.3) is 5.91 Å². The summed E-state index contributed by atoms with van der Waals surface area (Å²) in [7, 11) is 0. The van der Waals surface area contributed by atoms with Gasteiger partial charge in [0.1, 0.15) is 17.2 Å². The van der Waals surface area contributed by atoms with Gasteiger partial charge in [-0.2, -0.15) is 0 Å². The maximum absolute atomic E-state index is 11.1. The minimum absolute atomic E-state index is 0.0504. The summed E-state index contributed by atoms with van der Waals surface area (Å²) in [5.74, 6) is 0.505. The lowest BCUT2D eigenvalue weighted by Crippen LogP contribution is -2.26. The van der Waals surface area contributed by atoms with Gasteiger partial charge in [0.2, 0.25) is 0 Å². The second kappa shape index (κ2) is 6.83. The Bertz CT molecular complexity index is 614. The predicted molar refractivity (Wildman–Crippen MR) is 78.0 cm³/mol. The molecule has 5 N–H and O–H groups in total. The third-order valence-corrected chi connectivity index (χ3v) is 2.88. The summed E-state index contributed by atoms with van der Waals surface area (Å²) >= 11 is 0. The first-order valence-corrected chi connectivity index (χ1v) is 6.47. The SMILES string of the molecule is NC(=O)c1cc(Oc2ccc(CC(N)CO)cc2)ccn1. The highest BCUT2D eigenvalue weighted by molar-refractivity contribution is 5.91. The number of pyridine rings is 1. The van der Waals surface area contributed by atoms with E-state index < -0.39 is 5.91 Å². The van der Waals surface area contributed by atoms with Crippen molar-refractivity contribution in [3.05, 3.63) is 53.9 Å². The third kappa shape index (κ3) is 4.27. The van der Waals surface area contributed by atoms with Gasteiger partial charge >= 0.3 is 0 Å². The van der Waals surface area contributed by atoms with Crippen LogP contribution in [0.1, 0.15) is 16.1 Å². The highest BCUT2D eigenvalue weighted by Crippen LogP contribution is 2.22. The molecule has 0 bridgehead atoms. The molecule has 0 aliphatic rings. The highest BCUT2D eigenvalue weighted by Gasteiger charge is 2.06. The van der Waals surface area contributed by atoms with Crippen LogP contribution in [-0.4, -0.2) is 28.6 Å². The van der Waals surface area contributed by atoms with Gasteiger partial charge in [0.15, 0.2) is 0 Å². The lowest BCUT2D eigenvalue weighted by atomic mass is 10.1. The Morgan fingerprint density at radius 3 is 2.57 bits per heavy atom. The minimum atomic E-state index is -0.603. The third-order valence-electron chi connectivity index (χ3n) is 2.88. The summed E-state index contributed by atoms with van der Waals surface area (Å²) in [5, 5.41) is 8.92. The van der Waals surface area contributed by atoms with Gasteiger partial charge in [-0.1, -0.05) is 12.1 Å². The molecule has 0 saturated heterocycles. The van der Waals surface area contributed by atoms with E-state index in [2.05, 4.69) is 4.98 Å². The summed E-state index contributed by atoms with van der Waals surface area (Å²) in [6, 6.07) is 10.2. The van der Waals surface area contributed by atoms with Gasteiger partial charge in [-0.3, -0.25) is 9.78 Å². The quantitative estimate of drug-likeness (QED) is 0.728. The first-order valence-electron chi connectivity index (χ1n) is 6.47. The van der Waals surface area contributed by atoms with Crippen molar-refractivity contribution < 1.29 is 14.6 Å². The van der Waals surface area contributed by atoms with E-state index in [0.717, 1.165) is 5.56 Å². The van der Waals surface area contributed by atoms with Crippen LogP contribution in [-0.2, 0) is 6.42 Å². The molecule has 1 heterocycles. The molecule has 1 aromatic heterocycles. The second-order valence-corrected chi connectivity index (χ2v) is 4.63. The molecule has 21 heavy (non-hydrogen) atoms. The number of hydrogen-bond acceptors (Lipinski definition) is 5. The molecular weight excluding hydrogens is 270 g/mol. The van der Waals surface area contributed by atoms with Crippen LogP contribution in [0.2, 0.25) is 0 Å². The van der Waals surface area contributed by atoms with E-state index in [9.17, 15) is 4.79 Å². The summed E-state index contributed by atoms with van der Waals surface area (Å²) in [6.45, 7) is -0.0504. The van der Waals surface area contributed by atoms with Crippen molar-refractivity contribution in [2.24, 2.45) is 11.5 Å². The monoisotopic (exact) mass is 287 g/mol. The zero-order chi connectivity index (χ0) is 15.2. The van der Waals surface area contributed by atoms with Gasteiger partial charge < -0.3 is 21.3 Å². The van der Waals surface area contributed by atoms with Crippen molar-refractivity contribution in [1.29, 1.82) is 0 Å². The predicted octanol–water partition coefficient (Wildman–Crippen LogP) is 0.835. The molecule has 0 saturated carbocycles.